The van der Waals surface area contributed by atoms with Gasteiger partial charge in [-0.25, -0.2) is 4.98 Å². The third-order valence-electron chi connectivity index (χ3n) is 3.51. The molecule has 4 N–H and O–H groups in total. The first kappa shape index (κ1) is 22.4. The van der Waals surface area contributed by atoms with Crippen LogP contribution in [0.25, 0.3) is 0 Å². The Bertz CT molecular complexity index is 752. The Morgan fingerprint density at radius 2 is 2.08 bits per heavy atom. The number of nitrogens with two attached hydrogens (primary N) is 1. The molecule has 6 nitrogen and oxygen atoms in total. The van der Waals surface area contributed by atoms with Gasteiger partial charge in [-0.15, -0.1) is 23.7 Å². The quantitative estimate of drug-likeness (QED) is 0.646. The molecule has 9 heteroatoms. The average Bonchev–Trinajstić information content (AvgIpc) is 2.98. The van der Waals surface area contributed by atoms with Gasteiger partial charge in [0.1, 0.15) is 0 Å². The number of hydrogen-bond acceptors (Lipinski definition) is 5. The zero-order valence-electron chi connectivity index (χ0n) is 14.5. The molecule has 1 aromatic carbocycles. The smallest absolute Gasteiger partial charge is 0.245 e. The van der Waals surface area contributed by atoms with Crippen molar-refractivity contribution < 1.29 is 9.59 Å². The molecule has 2 rings (SSSR count). The maximum atomic E-state index is 11.9. The minimum atomic E-state index is -0.628. The summed E-state index contributed by atoms with van der Waals surface area (Å²) in [4.78, 5) is 28.8. The number of halogens is 2. The summed E-state index contributed by atoms with van der Waals surface area (Å²) in [6, 6.07) is 6.97. The van der Waals surface area contributed by atoms with Crippen LogP contribution in [0.3, 0.4) is 0 Å². The Morgan fingerprint density at radius 3 is 2.73 bits per heavy atom. The van der Waals surface area contributed by atoms with Crippen LogP contribution >= 0.6 is 35.3 Å². The number of hydrogen-bond donors (Lipinski definition) is 3. The number of thiazole rings is 1. The summed E-state index contributed by atoms with van der Waals surface area (Å²) in [5, 5.41) is 6.37. The normalized spacial score (nSPS) is 11.6. The molecule has 1 aromatic heterocycles. The number of carbonyl (C=O) groups excluding carboxylic acids is 2. The van der Waals surface area contributed by atoms with Crippen molar-refractivity contribution in [3.05, 3.63) is 45.9 Å². The Balaban J connectivity index is 0.00000338. The molecule has 0 aliphatic carbocycles. The molecule has 0 bridgehead atoms. The van der Waals surface area contributed by atoms with Crippen LogP contribution in [-0.2, 0) is 16.0 Å². The van der Waals surface area contributed by atoms with Crippen LogP contribution < -0.4 is 16.4 Å². The molecule has 0 saturated carbocycles. The van der Waals surface area contributed by atoms with E-state index in [0.717, 1.165) is 10.4 Å². The lowest BCUT2D eigenvalue weighted by Crippen LogP contribution is -2.46. The first-order valence-corrected chi connectivity index (χ1v) is 9.07. The van der Waals surface area contributed by atoms with Crippen LogP contribution in [0, 0.1) is 5.92 Å². The summed E-state index contributed by atoms with van der Waals surface area (Å²) < 4.78 is 0. The minimum absolute atomic E-state index is 0. The average molecular weight is 417 g/mol. The summed E-state index contributed by atoms with van der Waals surface area (Å²) in [6.45, 7) is 3.56. The lowest BCUT2D eigenvalue weighted by Gasteiger charge is -2.14. The van der Waals surface area contributed by atoms with E-state index in [9.17, 15) is 9.59 Å². The monoisotopic (exact) mass is 416 g/mol. The van der Waals surface area contributed by atoms with E-state index in [1.807, 2.05) is 38.1 Å². The van der Waals surface area contributed by atoms with E-state index in [-0.39, 0.29) is 36.7 Å². The maximum absolute atomic E-state index is 11.9. The number of anilines is 1. The highest BCUT2D eigenvalue weighted by atomic mass is 35.5. The number of amides is 2. The molecule has 142 valence electrons. The van der Waals surface area contributed by atoms with Crippen LogP contribution in [0.2, 0.25) is 5.02 Å². The van der Waals surface area contributed by atoms with Crippen molar-refractivity contribution in [2.75, 3.05) is 11.9 Å². The van der Waals surface area contributed by atoms with Crippen LogP contribution in [0.5, 0.6) is 0 Å². The third-order valence-corrected chi connectivity index (χ3v) is 4.66. The van der Waals surface area contributed by atoms with Gasteiger partial charge in [-0.05, 0) is 23.6 Å². The predicted octanol–water partition coefficient (Wildman–Crippen LogP) is 2.85. The number of rotatable bonds is 7. The summed E-state index contributed by atoms with van der Waals surface area (Å²) >= 11 is 7.36. The number of nitrogens with one attached hydrogen (secondary N) is 2. The largest absolute Gasteiger partial charge is 0.346 e. The van der Waals surface area contributed by atoms with Crippen molar-refractivity contribution in [1.82, 2.24) is 10.3 Å². The molecule has 0 aliphatic heterocycles. The Hall–Kier alpha value is -1.67. The summed E-state index contributed by atoms with van der Waals surface area (Å²) in [7, 11) is 0. The SMILES string of the molecule is CC(C)[C@H](N)C(=O)NCC(=O)Nc1ncc(Cc2cccc(Cl)c2)s1.Cl. The molecule has 1 atom stereocenters. The molecule has 0 aliphatic rings. The molecule has 0 spiro atoms. The molecular formula is C17H22Cl2N4O2S. The zero-order valence-corrected chi connectivity index (χ0v) is 16.9. The van der Waals surface area contributed by atoms with Gasteiger partial charge in [0.15, 0.2) is 5.13 Å². The van der Waals surface area contributed by atoms with Crippen LogP contribution in [0.1, 0.15) is 24.3 Å². The zero-order chi connectivity index (χ0) is 18.4. The fraction of sp³-hybridized carbons (Fsp3) is 0.353. The van der Waals surface area contributed by atoms with Crippen molar-refractivity contribution in [2.45, 2.75) is 26.3 Å². The first-order chi connectivity index (χ1) is 11.8. The number of benzene rings is 1. The van der Waals surface area contributed by atoms with Gasteiger partial charge >= 0.3 is 0 Å². The molecule has 1 heterocycles. The molecule has 0 fully saturated rings. The number of aromatic nitrogens is 1. The molecule has 2 aromatic rings. The van der Waals surface area contributed by atoms with E-state index in [1.54, 1.807) is 6.20 Å². The van der Waals surface area contributed by atoms with E-state index >= 15 is 0 Å². The maximum Gasteiger partial charge on any atom is 0.245 e. The number of carbonyl (C=O) groups is 2. The second-order valence-corrected chi connectivity index (χ2v) is 7.53. The second kappa shape index (κ2) is 10.5. The van der Waals surface area contributed by atoms with E-state index in [2.05, 4.69) is 15.6 Å². The van der Waals surface area contributed by atoms with Gasteiger partial charge in [0.25, 0.3) is 0 Å². The topological polar surface area (TPSA) is 97.1 Å². The molecule has 0 unspecified atom stereocenters. The Morgan fingerprint density at radius 1 is 1.35 bits per heavy atom. The fourth-order valence-electron chi connectivity index (χ4n) is 2.05. The van der Waals surface area contributed by atoms with Crippen LogP contribution in [0.15, 0.2) is 30.5 Å². The second-order valence-electron chi connectivity index (χ2n) is 5.97. The summed E-state index contributed by atoms with van der Waals surface area (Å²) in [5.41, 5.74) is 6.80. The highest BCUT2D eigenvalue weighted by Gasteiger charge is 2.17. The first-order valence-electron chi connectivity index (χ1n) is 7.87. The van der Waals surface area contributed by atoms with Crippen LogP contribution in [0.4, 0.5) is 5.13 Å². The lowest BCUT2D eigenvalue weighted by atomic mass is 10.1. The van der Waals surface area contributed by atoms with E-state index in [0.29, 0.717) is 16.6 Å². The van der Waals surface area contributed by atoms with Crippen molar-refractivity contribution >= 4 is 52.3 Å². The summed E-state index contributed by atoms with van der Waals surface area (Å²) in [6.07, 6.45) is 2.41. The molecule has 2 amide bonds. The number of nitrogens with zero attached hydrogens (tertiary/aromatic N) is 1. The van der Waals surface area contributed by atoms with Gasteiger partial charge in [0.2, 0.25) is 11.8 Å². The van der Waals surface area contributed by atoms with E-state index in [4.69, 9.17) is 17.3 Å². The lowest BCUT2D eigenvalue weighted by molar-refractivity contribution is -0.125. The highest BCUT2D eigenvalue weighted by Crippen LogP contribution is 2.22. The van der Waals surface area contributed by atoms with Crippen molar-refractivity contribution in [1.29, 1.82) is 0 Å². The van der Waals surface area contributed by atoms with E-state index < -0.39 is 6.04 Å². The van der Waals surface area contributed by atoms with Crippen molar-refractivity contribution in [3.8, 4) is 0 Å². The molecule has 26 heavy (non-hydrogen) atoms. The van der Waals surface area contributed by atoms with Crippen molar-refractivity contribution in [3.63, 3.8) is 0 Å². The van der Waals surface area contributed by atoms with Gasteiger partial charge in [-0.2, -0.15) is 0 Å². The Labute approximate surface area is 167 Å². The highest BCUT2D eigenvalue weighted by molar-refractivity contribution is 7.15. The minimum Gasteiger partial charge on any atom is -0.346 e. The third kappa shape index (κ3) is 6.92. The molecular weight excluding hydrogens is 395 g/mol. The van der Waals surface area contributed by atoms with Gasteiger partial charge in [-0.1, -0.05) is 37.6 Å². The fourth-order valence-corrected chi connectivity index (χ4v) is 3.12. The standard InChI is InChI=1S/C17H21ClN4O2S.ClH/c1-10(2)15(19)16(24)20-9-14(23)22-17-21-8-13(25-17)7-11-4-3-5-12(18)6-11;/h3-6,8,10,15H,7,9,19H2,1-2H3,(H,20,24)(H,21,22,23);1H/t15-;/m0./s1. The summed E-state index contributed by atoms with van der Waals surface area (Å²) in [5.74, 6) is -0.671. The predicted molar refractivity (Wildman–Crippen MR) is 108 cm³/mol. The van der Waals surface area contributed by atoms with Gasteiger partial charge in [0, 0.05) is 22.5 Å². The van der Waals surface area contributed by atoms with Gasteiger partial charge in [-0.3, -0.25) is 9.59 Å². The van der Waals surface area contributed by atoms with Gasteiger partial charge < -0.3 is 16.4 Å². The Kier molecular flexibility index (Phi) is 9.01. The van der Waals surface area contributed by atoms with Gasteiger partial charge in [0.05, 0.1) is 12.6 Å². The van der Waals surface area contributed by atoms with Crippen molar-refractivity contribution in [2.24, 2.45) is 11.7 Å². The molecule has 0 radical (unpaired) electrons. The molecule has 0 saturated heterocycles. The van der Waals surface area contributed by atoms with Crippen LogP contribution in [-0.4, -0.2) is 29.4 Å². The van der Waals surface area contributed by atoms with E-state index in [1.165, 1.54) is 11.3 Å².